The number of aromatic carboxylic acids is 1. The Morgan fingerprint density at radius 2 is 1.81 bits per heavy atom. The van der Waals surface area contributed by atoms with Gasteiger partial charge < -0.3 is 9.67 Å². The molecule has 0 atom stereocenters. The lowest BCUT2D eigenvalue weighted by molar-refractivity contribution is -0.119. The Kier molecular flexibility index (Phi) is 5.51. The van der Waals surface area contributed by atoms with Gasteiger partial charge in [0.2, 0.25) is 0 Å². The van der Waals surface area contributed by atoms with Gasteiger partial charge in [-0.15, -0.1) is 0 Å². The molecule has 1 aliphatic rings. The summed E-state index contributed by atoms with van der Waals surface area (Å²) in [6.45, 7) is 2.02. The maximum absolute atomic E-state index is 13.1. The van der Waals surface area contributed by atoms with Gasteiger partial charge in [0, 0.05) is 29.1 Å². The van der Waals surface area contributed by atoms with E-state index in [0.717, 1.165) is 15.9 Å². The number of hydrazone groups is 1. The van der Waals surface area contributed by atoms with Gasteiger partial charge in [-0.25, -0.2) is 4.79 Å². The summed E-state index contributed by atoms with van der Waals surface area (Å²) in [7, 11) is 0. The molecule has 0 saturated heterocycles. The minimum absolute atomic E-state index is 0.0289. The molecule has 2 heterocycles. The number of hydrogen-bond acceptors (Lipinski definition) is 5. The molecule has 4 rings (SSSR count). The molecule has 2 aromatic carbocycles. The minimum Gasteiger partial charge on any atom is -0.478 e. The summed E-state index contributed by atoms with van der Waals surface area (Å²) in [5.74, 6) is -1.51. The average molecular weight is 429 g/mol. The largest absolute Gasteiger partial charge is 0.478 e. The van der Waals surface area contributed by atoms with Crippen LogP contribution in [0.25, 0.3) is 17.0 Å². The van der Waals surface area contributed by atoms with Crippen molar-refractivity contribution in [2.24, 2.45) is 5.10 Å². The van der Waals surface area contributed by atoms with Crippen LogP contribution in [0.15, 0.2) is 65.4 Å². The summed E-state index contributed by atoms with van der Waals surface area (Å²) in [4.78, 5) is 47.8. The Balaban J connectivity index is 1.74. The third-order valence-corrected chi connectivity index (χ3v) is 5.24. The molecular formula is C24H19N3O5. The van der Waals surface area contributed by atoms with Gasteiger partial charge in [-0.2, -0.15) is 10.1 Å². The lowest BCUT2D eigenvalue weighted by Gasteiger charge is -2.11. The Labute approximate surface area is 183 Å². The first-order valence-electron chi connectivity index (χ1n) is 9.96. The van der Waals surface area contributed by atoms with Crippen LogP contribution in [0.3, 0.4) is 0 Å². The Morgan fingerprint density at radius 3 is 2.47 bits per heavy atom. The number of fused-ring (bicyclic) bond motifs is 1. The minimum atomic E-state index is -1.08. The maximum Gasteiger partial charge on any atom is 0.335 e. The molecular weight excluding hydrogens is 410 g/mol. The number of benzene rings is 2. The number of carbonyl (C=O) groups is 4. The quantitative estimate of drug-likeness (QED) is 0.458. The summed E-state index contributed by atoms with van der Waals surface area (Å²) in [6, 6.07) is 13.1. The van der Waals surface area contributed by atoms with Crippen LogP contribution in [-0.4, -0.2) is 39.3 Å². The number of anilines is 1. The van der Waals surface area contributed by atoms with Crippen LogP contribution in [0.5, 0.6) is 0 Å². The second-order valence-electron chi connectivity index (χ2n) is 7.25. The zero-order chi connectivity index (χ0) is 22.8. The predicted molar refractivity (Wildman–Crippen MR) is 120 cm³/mol. The van der Waals surface area contributed by atoms with E-state index in [1.54, 1.807) is 19.2 Å². The molecule has 1 aromatic heterocycles. The number of carbonyl (C=O) groups excluding carboxylic acids is 3. The molecule has 0 radical (unpaired) electrons. The monoisotopic (exact) mass is 429 g/mol. The molecule has 0 unspecified atom stereocenters. The summed E-state index contributed by atoms with van der Waals surface area (Å²) < 4.78 is 1.83. The summed E-state index contributed by atoms with van der Waals surface area (Å²) in [5.41, 5.74) is 2.04. The zero-order valence-corrected chi connectivity index (χ0v) is 17.2. The standard InChI is InChI=1S/C24H19N3O5/c1-2-18(29)13-26-12-16(19-5-3-4-6-22(19)26)11-20-21(14-28)25-27(23(20)30)17-9-7-15(8-10-17)24(31)32/h3-12,14H,2,13H2,1H3,(H,31,32). The van der Waals surface area contributed by atoms with E-state index in [4.69, 9.17) is 5.11 Å². The molecule has 8 heteroatoms. The number of rotatable bonds is 7. The second-order valence-corrected chi connectivity index (χ2v) is 7.25. The average Bonchev–Trinajstić information content (AvgIpc) is 3.31. The Morgan fingerprint density at radius 1 is 1.09 bits per heavy atom. The van der Waals surface area contributed by atoms with E-state index in [9.17, 15) is 19.2 Å². The Bertz CT molecular complexity index is 1320. The van der Waals surface area contributed by atoms with Crippen molar-refractivity contribution in [2.75, 3.05) is 5.01 Å². The summed E-state index contributed by atoms with van der Waals surface area (Å²) in [6.07, 6.45) is 4.30. The van der Waals surface area contributed by atoms with E-state index in [-0.39, 0.29) is 29.2 Å². The first-order valence-corrected chi connectivity index (χ1v) is 9.96. The molecule has 1 N–H and O–H groups in total. The van der Waals surface area contributed by atoms with Crippen molar-refractivity contribution >= 4 is 52.3 Å². The van der Waals surface area contributed by atoms with Gasteiger partial charge in [0.05, 0.1) is 23.4 Å². The predicted octanol–water partition coefficient (Wildman–Crippen LogP) is 3.30. The highest BCUT2D eigenvalue weighted by Gasteiger charge is 2.31. The van der Waals surface area contributed by atoms with Gasteiger partial charge in [-0.3, -0.25) is 14.4 Å². The van der Waals surface area contributed by atoms with Crippen molar-refractivity contribution in [3.8, 4) is 0 Å². The van der Waals surface area contributed by atoms with Crippen LogP contribution >= 0.6 is 0 Å². The number of para-hydroxylation sites is 1. The van der Waals surface area contributed by atoms with Crippen molar-refractivity contribution in [1.82, 2.24) is 4.57 Å². The number of ketones is 1. The summed E-state index contributed by atoms with van der Waals surface area (Å²) in [5, 5.41) is 15.1. The lowest BCUT2D eigenvalue weighted by Crippen LogP contribution is -2.21. The molecule has 0 saturated carbocycles. The van der Waals surface area contributed by atoms with E-state index in [1.165, 1.54) is 24.3 Å². The highest BCUT2D eigenvalue weighted by Crippen LogP contribution is 2.28. The molecule has 3 aromatic rings. The molecule has 160 valence electrons. The van der Waals surface area contributed by atoms with E-state index in [0.29, 0.717) is 24.0 Å². The first kappa shape index (κ1) is 20.9. The second kappa shape index (κ2) is 8.43. The number of Topliss-reactive ketones (excluding diaryl/α,β-unsaturated/α-hetero) is 1. The zero-order valence-electron chi connectivity index (χ0n) is 17.2. The fourth-order valence-corrected chi connectivity index (χ4v) is 3.55. The molecule has 0 aliphatic carbocycles. The molecule has 1 aliphatic heterocycles. The third kappa shape index (κ3) is 3.74. The van der Waals surface area contributed by atoms with Crippen molar-refractivity contribution < 1.29 is 24.3 Å². The van der Waals surface area contributed by atoms with Crippen LogP contribution < -0.4 is 5.01 Å². The van der Waals surface area contributed by atoms with Crippen molar-refractivity contribution in [3.63, 3.8) is 0 Å². The fraction of sp³-hybridized carbons (Fsp3) is 0.125. The molecule has 32 heavy (non-hydrogen) atoms. The van der Waals surface area contributed by atoms with Crippen LogP contribution in [0, 0.1) is 0 Å². The van der Waals surface area contributed by atoms with Crippen molar-refractivity contribution in [2.45, 2.75) is 19.9 Å². The van der Waals surface area contributed by atoms with Gasteiger partial charge in [0.25, 0.3) is 5.91 Å². The van der Waals surface area contributed by atoms with Crippen LogP contribution in [0.4, 0.5) is 5.69 Å². The normalized spacial score (nSPS) is 14.8. The fourth-order valence-electron chi connectivity index (χ4n) is 3.55. The number of nitrogens with zero attached hydrogens (tertiary/aromatic N) is 3. The van der Waals surface area contributed by atoms with Crippen LogP contribution in [0.1, 0.15) is 29.3 Å². The highest BCUT2D eigenvalue weighted by atomic mass is 16.4. The van der Waals surface area contributed by atoms with E-state index >= 15 is 0 Å². The summed E-state index contributed by atoms with van der Waals surface area (Å²) >= 11 is 0. The third-order valence-electron chi connectivity index (χ3n) is 5.24. The Hall–Kier alpha value is -4.33. The highest BCUT2D eigenvalue weighted by molar-refractivity contribution is 6.50. The van der Waals surface area contributed by atoms with Gasteiger partial charge >= 0.3 is 5.97 Å². The number of carboxylic acids is 1. The molecule has 8 nitrogen and oxygen atoms in total. The number of hydrogen-bond donors (Lipinski definition) is 1. The van der Waals surface area contributed by atoms with Gasteiger partial charge in [-0.1, -0.05) is 25.1 Å². The number of aromatic nitrogens is 1. The number of aldehydes is 1. The number of carboxylic acid groups (broad SMARTS) is 1. The van der Waals surface area contributed by atoms with Crippen LogP contribution in [-0.2, 0) is 20.9 Å². The molecule has 0 spiro atoms. The van der Waals surface area contributed by atoms with E-state index in [2.05, 4.69) is 5.10 Å². The molecule has 0 fully saturated rings. The molecule has 1 amide bonds. The van der Waals surface area contributed by atoms with E-state index in [1.807, 2.05) is 28.8 Å². The number of amides is 1. The van der Waals surface area contributed by atoms with E-state index < -0.39 is 11.9 Å². The van der Waals surface area contributed by atoms with Crippen molar-refractivity contribution in [3.05, 3.63) is 71.4 Å². The SMILES string of the molecule is CCC(=O)Cn1cc(C=C2C(=O)N(c3ccc(C(=O)O)cc3)N=C2C=O)c2ccccc21. The first-order chi connectivity index (χ1) is 15.4. The lowest BCUT2D eigenvalue weighted by atomic mass is 10.1. The smallest absolute Gasteiger partial charge is 0.335 e. The van der Waals surface area contributed by atoms with Gasteiger partial charge in [0.1, 0.15) is 5.71 Å². The topological polar surface area (TPSA) is 109 Å². The van der Waals surface area contributed by atoms with Gasteiger partial charge in [0.15, 0.2) is 12.1 Å². The van der Waals surface area contributed by atoms with Crippen molar-refractivity contribution in [1.29, 1.82) is 0 Å². The van der Waals surface area contributed by atoms with Gasteiger partial charge in [-0.05, 0) is 36.4 Å². The molecule has 0 bridgehead atoms. The maximum atomic E-state index is 13.1. The van der Waals surface area contributed by atoms with Crippen LogP contribution in [0.2, 0.25) is 0 Å².